The zero-order chi connectivity index (χ0) is 24.7. The summed E-state index contributed by atoms with van der Waals surface area (Å²) in [5.74, 6) is 0.416. The van der Waals surface area contributed by atoms with Crippen molar-refractivity contribution in [2.24, 2.45) is 0 Å². The number of methoxy groups -OCH3 is 1. The molecule has 178 valence electrons. The number of aromatic amines is 1. The van der Waals surface area contributed by atoms with E-state index in [4.69, 9.17) is 4.74 Å². The second kappa shape index (κ2) is 8.62. The van der Waals surface area contributed by atoms with Crippen LogP contribution in [-0.2, 0) is 4.79 Å². The van der Waals surface area contributed by atoms with E-state index in [0.29, 0.717) is 5.56 Å². The highest BCUT2D eigenvalue weighted by Crippen LogP contribution is 2.45. The molecule has 0 saturated heterocycles. The van der Waals surface area contributed by atoms with Gasteiger partial charge < -0.3 is 19.9 Å². The Morgan fingerprint density at radius 3 is 2.54 bits per heavy atom. The summed E-state index contributed by atoms with van der Waals surface area (Å²) >= 11 is 0. The number of para-hydroxylation sites is 1. The van der Waals surface area contributed by atoms with Crippen LogP contribution in [0.2, 0.25) is 0 Å². The van der Waals surface area contributed by atoms with Crippen LogP contribution in [0.4, 0.5) is 0 Å². The smallest absolute Gasteiger partial charge is 0.255 e. The number of hydrogen-bond acceptors (Lipinski definition) is 3. The topological polar surface area (TPSA) is 74.4 Å². The number of hydrogen-bond donors (Lipinski definition) is 2. The van der Waals surface area contributed by atoms with Crippen LogP contribution >= 0.6 is 0 Å². The summed E-state index contributed by atoms with van der Waals surface area (Å²) in [5, 5.41) is 4.02. The third-order valence-corrected chi connectivity index (χ3v) is 6.26. The van der Waals surface area contributed by atoms with Crippen LogP contribution < -0.4 is 10.1 Å². The molecule has 1 aromatic heterocycles. The molecule has 6 heteroatoms. The average molecular weight is 468 g/mol. The highest BCUT2D eigenvalue weighted by atomic mass is 16.5. The molecule has 0 bridgehead atoms. The van der Waals surface area contributed by atoms with Gasteiger partial charge in [-0.05, 0) is 50.6 Å². The minimum absolute atomic E-state index is 0.0352. The summed E-state index contributed by atoms with van der Waals surface area (Å²) in [6, 6.07) is 23.1. The molecule has 6 nitrogen and oxygen atoms in total. The van der Waals surface area contributed by atoms with Gasteiger partial charge in [0.1, 0.15) is 12.3 Å². The van der Waals surface area contributed by atoms with E-state index in [1.54, 1.807) is 12.0 Å². The minimum Gasteiger partial charge on any atom is -0.497 e. The second-order valence-corrected chi connectivity index (χ2v) is 9.91. The number of aromatic nitrogens is 1. The molecule has 2 N–H and O–H groups in total. The van der Waals surface area contributed by atoms with Gasteiger partial charge in [-0.25, -0.2) is 0 Å². The van der Waals surface area contributed by atoms with Crippen LogP contribution in [0.15, 0.2) is 72.8 Å². The molecule has 1 aliphatic heterocycles. The summed E-state index contributed by atoms with van der Waals surface area (Å²) in [6.45, 7) is 5.77. The molecule has 4 aromatic rings. The lowest BCUT2D eigenvalue weighted by Crippen LogP contribution is -2.46. The number of fused-ring (bicyclic) bond motifs is 2. The summed E-state index contributed by atoms with van der Waals surface area (Å²) < 4.78 is 5.48. The van der Waals surface area contributed by atoms with Gasteiger partial charge in [-0.3, -0.25) is 9.59 Å². The number of nitrogens with zero attached hydrogens (tertiary/aromatic N) is 1. The number of ether oxygens (including phenoxy) is 1. The van der Waals surface area contributed by atoms with E-state index in [1.807, 2.05) is 87.5 Å². The Morgan fingerprint density at radius 1 is 1.03 bits per heavy atom. The maximum Gasteiger partial charge on any atom is 0.255 e. The molecular formula is C29H29N3O3. The highest BCUT2D eigenvalue weighted by molar-refractivity contribution is 6.03. The molecule has 2 amide bonds. The zero-order valence-corrected chi connectivity index (χ0v) is 20.4. The van der Waals surface area contributed by atoms with Crippen molar-refractivity contribution in [2.45, 2.75) is 32.4 Å². The average Bonchev–Trinajstić information content (AvgIpc) is 3.33. The molecule has 0 saturated carbocycles. The van der Waals surface area contributed by atoms with Crippen molar-refractivity contribution in [1.82, 2.24) is 15.2 Å². The standard InChI is InChI=1S/C29H29N3O3/c1-29(2,3)31-24(33)17-32-27(20-12-5-6-13-21(20)28(32)34)25-22-14-7-8-15-23(22)30-26(25)18-10-9-11-19(16-18)35-4/h5-16,27,30H,17H2,1-4H3,(H,31,33). The first-order valence-corrected chi connectivity index (χ1v) is 11.7. The van der Waals surface area contributed by atoms with Gasteiger partial charge in [0.25, 0.3) is 5.91 Å². The molecule has 35 heavy (non-hydrogen) atoms. The van der Waals surface area contributed by atoms with Crippen molar-refractivity contribution in [3.63, 3.8) is 0 Å². The molecule has 0 radical (unpaired) electrons. The highest BCUT2D eigenvalue weighted by Gasteiger charge is 2.41. The number of amides is 2. The lowest BCUT2D eigenvalue weighted by molar-refractivity contribution is -0.123. The first-order valence-electron chi connectivity index (χ1n) is 11.7. The normalized spacial score (nSPS) is 15.4. The minimum atomic E-state index is -0.415. The quantitative estimate of drug-likeness (QED) is 0.418. The number of nitrogens with one attached hydrogen (secondary N) is 2. The Kier molecular flexibility index (Phi) is 5.59. The van der Waals surface area contributed by atoms with Gasteiger partial charge in [-0.2, -0.15) is 0 Å². The number of benzene rings is 3. The summed E-state index contributed by atoms with van der Waals surface area (Å²) in [6.07, 6.45) is 0. The first-order chi connectivity index (χ1) is 16.8. The van der Waals surface area contributed by atoms with Crippen LogP contribution in [-0.4, -0.2) is 40.9 Å². The lowest BCUT2D eigenvalue weighted by Gasteiger charge is -2.28. The number of carbonyl (C=O) groups is 2. The van der Waals surface area contributed by atoms with Gasteiger partial charge in [-0.1, -0.05) is 48.5 Å². The van der Waals surface area contributed by atoms with Crippen molar-refractivity contribution in [2.75, 3.05) is 13.7 Å². The Morgan fingerprint density at radius 2 is 1.77 bits per heavy atom. The van der Waals surface area contributed by atoms with Gasteiger partial charge >= 0.3 is 0 Å². The summed E-state index contributed by atoms with van der Waals surface area (Å²) in [7, 11) is 1.65. The summed E-state index contributed by atoms with van der Waals surface area (Å²) in [5.41, 5.74) is 4.92. The van der Waals surface area contributed by atoms with Crippen LogP contribution in [0.5, 0.6) is 5.75 Å². The van der Waals surface area contributed by atoms with E-state index in [-0.39, 0.29) is 18.4 Å². The Labute approximate surface area is 204 Å². The fourth-order valence-electron chi connectivity index (χ4n) is 4.91. The maximum atomic E-state index is 13.6. The maximum absolute atomic E-state index is 13.6. The van der Waals surface area contributed by atoms with Crippen molar-refractivity contribution in [3.05, 3.63) is 89.5 Å². The third kappa shape index (κ3) is 4.16. The number of rotatable bonds is 5. The molecular weight excluding hydrogens is 438 g/mol. The van der Waals surface area contributed by atoms with Crippen molar-refractivity contribution in [1.29, 1.82) is 0 Å². The van der Waals surface area contributed by atoms with Gasteiger partial charge in [-0.15, -0.1) is 0 Å². The van der Waals surface area contributed by atoms with Crippen molar-refractivity contribution >= 4 is 22.7 Å². The van der Waals surface area contributed by atoms with Crippen LogP contribution in [0.1, 0.15) is 48.3 Å². The molecule has 1 unspecified atom stereocenters. The molecule has 3 aromatic carbocycles. The van der Waals surface area contributed by atoms with Crippen LogP contribution in [0.3, 0.4) is 0 Å². The van der Waals surface area contributed by atoms with E-state index in [0.717, 1.165) is 39.0 Å². The van der Waals surface area contributed by atoms with Gasteiger partial charge in [0.05, 0.1) is 18.8 Å². The Hall–Kier alpha value is -4.06. The van der Waals surface area contributed by atoms with Crippen molar-refractivity contribution < 1.29 is 14.3 Å². The molecule has 0 aliphatic carbocycles. The van der Waals surface area contributed by atoms with Gasteiger partial charge in [0, 0.05) is 33.1 Å². The molecule has 0 spiro atoms. The Balaban J connectivity index is 1.71. The van der Waals surface area contributed by atoms with Gasteiger partial charge in [0.2, 0.25) is 5.91 Å². The van der Waals surface area contributed by atoms with E-state index in [1.165, 1.54) is 0 Å². The molecule has 5 rings (SSSR count). The fraction of sp³-hybridized carbons (Fsp3) is 0.241. The van der Waals surface area contributed by atoms with E-state index < -0.39 is 11.6 Å². The molecule has 1 aliphatic rings. The lowest BCUT2D eigenvalue weighted by atomic mass is 9.93. The van der Waals surface area contributed by atoms with E-state index >= 15 is 0 Å². The van der Waals surface area contributed by atoms with Crippen LogP contribution in [0.25, 0.3) is 22.2 Å². The largest absolute Gasteiger partial charge is 0.497 e. The monoisotopic (exact) mass is 467 g/mol. The zero-order valence-electron chi connectivity index (χ0n) is 20.4. The molecule has 2 heterocycles. The summed E-state index contributed by atoms with van der Waals surface area (Å²) in [4.78, 5) is 31.9. The van der Waals surface area contributed by atoms with Crippen LogP contribution in [0, 0.1) is 0 Å². The molecule has 0 fully saturated rings. The SMILES string of the molecule is COc1cccc(-c2[nH]c3ccccc3c2C2c3ccccc3C(=O)N2CC(=O)NC(C)(C)C)c1. The van der Waals surface area contributed by atoms with Crippen molar-refractivity contribution in [3.8, 4) is 17.0 Å². The number of carbonyl (C=O) groups excluding carboxylic acids is 2. The third-order valence-electron chi connectivity index (χ3n) is 6.26. The Bertz CT molecular complexity index is 1430. The molecule has 1 atom stereocenters. The van der Waals surface area contributed by atoms with E-state index in [2.05, 4.69) is 16.4 Å². The van der Waals surface area contributed by atoms with E-state index in [9.17, 15) is 9.59 Å². The predicted molar refractivity (Wildman–Crippen MR) is 138 cm³/mol. The number of H-pyrrole nitrogens is 1. The first kappa shape index (κ1) is 22.7. The fourth-order valence-corrected chi connectivity index (χ4v) is 4.91. The van der Waals surface area contributed by atoms with Gasteiger partial charge in [0.15, 0.2) is 0 Å². The predicted octanol–water partition coefficient (Wildman–Crippen LogP) is 5.30. The second-order valence-electron chi connectivity index (χ2n) is 9.91.